The van der Waals surface area contributed by atoms with Gasteiger partial charge >= 0.3 is 15.5 Å². The molecule has 1 fully saturated rings. The molecule has 1 saturated carbocycles. The van der Waals surface area contributed by atoms with Gasteiger partial charge in [0.1, 0.15) is 5.82 Å². The lowest BCUT2D eigenvalue weighted by Crippen LogP contribution is -2.29. The molecule has 35 heavy (non-hydrogen) atoms. The van der Waals surface area contributed by atoms with E-state index in [0.29, 0.717) is 5.56 Å². The first-order valence-corrected chi connectivity index (χ1v) is 12.3. The Morgan fingerprint density at radius 2 is 1.74 bits per heavy atom. The molecule has 4 aromatic rings. The third kappa shape index (κ3) is 4.41. The van der Waals surface area contributed by atoms with Gasteiger partial charge in [-0.2, -0.15) is 21.6 Å². The van der Waals surface area contributed by atoms with Gasteiger partial charge in [0.25, 0.3) is 0 Å². The van der Waals surface area contributed by atoms with E-state index in [4.69, 9.17) is 4.98 Å². The SMILES string of the molecule is CC(=O)c1ccccc1-c1ccc2[nH]c(C3CC3c3ccc(NS(=O)(=O)C(F)(F)F)cc3)nc2c1. The molecule has 1 aliphatic rings. The molecular formula is C25H20F3N3O3S. The van der Waals surface area contributed by atoms with Crippen molar-refractivity contribution in [3.8, 4) is 11.1 Å². The topological polar surface area (TPSA) is 91.9 Å². The Hall–Kier alpha value is -3.66. The summed E-state index contributed by atoms with van der Waals surface area (Å²) in [7, 11) is -5.45. The summed E-state index contributed by atoms with van der Waals surface area (Å²) in [6.45, 7) is 1.54. The van der Waals surface area contributed by atoms with Gasteiger partial charge in [0.2, 0.25) is 0 Å². The van der Waals surface area contributed by atoms with Crippen LogP contribution in [-0.2, 0) is 10.0 Å². The van der Waals surface area contributed by atoms with Crippen LogP contribution in [0.25, 0.3) is 22.2 Å². The second-order valence-electron chi connectivity index (χ2n) is 8.58. The highest BCUT2D eigenvalue weighted by Crippen LogP contribution is 2.54. The summed E-state index contributed by atoms with van der Waals surface area (Å²) in [6.07, 6.45) is 0.813. The zero-order chi connectivity index (χ0) is 25.0. The number of hydrogen-bond acceptors (Lipinski definition) is 4. The summed E-state index contributed by atoms with van der Waals surface area (Å²) in [5.74, 6) is 1.04. The maximum absolute atomic E-state index is 12.6. The van der Waals surface area contributed by atoms with E-state index in [1.165, 1.54) is 19.1 Å². The van der Waals surface area contributed by atoms with Gasteiger partial charge in [0.15, 0.2) is 5.78 Å². The lowest BCUT2D eigenvalue weighted by Gasteiger charge is -2.10. The molecule has 1 aliphatic carbocycles. The molecule has 3 aromatic carbocycles. The van der Waals surface area contributed by atoms with Crippen molar-refractivity contribution in [2.75, 3.05) is 4.72 Å². The van der Waals surface area contributed by atoms with Crippen LogP contribution in [0.4, 0.5) is 18.9 Å². The van der Waals surface area contributed by atoms with Gasteiger partial charge < -0.3 is 4.98 Å². The average Bonchev–Trinajstić information content (AvgIpc) is 3.49. The highest BCUT2D eigenvalue weighted by molar-refractivity contribution is 7.93. The molecule has 180 valence electrons. The molecule has 1 aromatic heterocycles. The van der Waals surface area contributed by atoms with Gasteiger partial charge in [-0.15, -0.1) is 0 Å². The molecule has 10 heteroatoms. The van der Waals surface area contributed by atoms with Crippen LogP contribution in [0.2, 0.25) is 0 Å². The summed E-state index contributed by atoms with van der Waals surface area (Å²) < 4.78 is 61.8. The van der Waals surface area contributed by atoms with Crippen LogP contribution in [-0.4, -0.2) is 29.7 Å². The molecular weight excluding hydrogens is 479 g/mol. The Morgan fingerprint density at radius 3 is 2.43 bits per heavy atom. The number of aromatic amines is 1. The summed E-state index contributed by atoms with van der Waals surface area (Å²) >= 11 is 0. The van der Waals surface area contributed by atoms with Crippen molar-refractivity contribution in [2.45, 2.75) is 30.7 Å². The van der Waals surface area contributed by atoms with E-state index in [0.717, 1.165) is 40.0 Å². The number of aromatic nitrogens is 2. The second kappa shape index (κ2) is 8.23. The van der Waals surface area contributed by atoms with Gasteiger partial charge in [-0.1, -0.05) is 42.5 Å². The number of hydrogen-bond donors (Lipinski definition) is 2. The zero-order valence-corrected chi connectivity index (χ0v) is 19.2. The molecule has 2 N–H and O–H groups in total. The average molecular weight is 500 g/mol. The monoisotopic (exact) mass is 499 g/mol. The molecule has 0 aliphatic heterocycles. The van der Waals surface area contributed by atoms with E-state index in [9.17, 15) is 26.4 Å². The number of imidazole rings is 1. The predicted molar refractivity (Wildman–Crippen MR) is 127 cm³/mol. The molecule has 0 spiro atoms. The Kier molecular flexibility index (Phi) is 5.43. The minimum Gasteiger partial charge on any atom is -0.342 e. The van der Waals surface area contributed by atoms with Gasteiger partial charge in [-0.05, 0) is 60.2 Å². The number of benzene rings is 3. The number of ketones is 1. The summed E-state index contributed by atoms with van der Waals surface area (Å²) in [5.41, 5.74) is -0.604. The van der Waals surface area contributed by atoms with Crippen LogP contribution in [0.5, 0.6) is 0 Å². The standard InChI is InChI=1S/C25H20F3N3O3S/c1-14(32)18-4-2-3-5-19(18)16-8-11-22-23(12-16)30-24(29-22)21-13-20(21)15-6-9-17(10-7-15)31-35(33,34)25(26,27)28/h2-12,20-21,31H,13H2,1H3,(H,29,30). The van der Waals surface area contributed by atoms with Crippen molar-refractivity contribution in [1.29, 1.82) is 0 Å². The lowest BCUT2D eigenvalue weighted by atomic mass is 9.97. The van der Waals surface area contributed by atoms with E-state index >= 15 is 0 Å². The molecule has 0 saturated heterocycles. The Balaban J connectivity index is 1.34. The lowest BCUT2D eigenvalue weighted by molar-refractivity contribution is -0.0429. The van der Waals surface area contributed by atoms with Crippen molar-refractivity contribution in [3.63, 3.8) is 0 Å². The van der Waals surface area contributed by atoms with Crippen molar-refractivity contribution in [2.24, 2.45) is 0 Å². The number of fused-ring (bicyclic) bond motifs is 1. The first-order valence-electron chi connectivity index (χ1n) is 10.8. The van der Waals surface area contributed by atoms with Gasteiger partial charge in [-0.3, -0.25) is 9.52 Å². The number of nitrogens with zero attached hydrogens (tertiary/aromatic N) is 1. The first-order chi connectivity index (χ1) is 16.5. The fourth-order valence-corrected chi connectivity index (χ4v) is 4.85. The number of sulfonamides is 1. The molecule has 2 unspecified atom stereocenters. The number of anilines is 1. The van der Waals surface area contributed by atoms with Crippen molar-refractivity contribution in [1.82, 2.24) is 9.97 Å². The van der Waals surface area contributed by atoms with Crippen molar-refractivity contribution >= 4 is 32.5 Å². The maximum Gasteiger partial charge on any atom is 0.516 e. The zero-order valence-electron chi connectivity index (χ0n) is 18.4. The molecule has 6 nitrogen and oxygen atoms in total. The molecule has 5 rings (SSSR count). The number of carbonyl (C=O) groups is 1. The number of rotatable bonds is 6. The largest absolute Gasteiger partial charge is 0.516 e. The van der Waals surface area contributed by atoms with Gasteiger partial charge in [-0.25, -0.2) is 4.98 Å². The number of carbonyl (C=O) groups excluding carboxylic acids is 1. The van der Waals surface area contributed by atoms with Crippen molar-refractivity contribution < 1.29 is 26.4 Å². The van der Waals surface area contributed by atoms with E-state index in [2.05, 4.69) is 4.98 Å². The Bertz CT molecular complexity index is 1540. The van der Waals surface area contributed by atoms with Gasteiger partial charge in [0.05, 0.1) is 11.0 Å². The highest BCUT2D eigenvalue weighted by Gasteiger charge is 2.46. The smallest absolute Gasteiger partial charge is 0.342 e. The Morgan fingerprint density at radius 1 is 1.03 bits per heavy atom. The number of nitrogens with one attached hydrogen (secondary N) is 2. The minimum atomic E-state index is -5.45. The molecule has 0 bridgehead atoms. The van der Waals surface area contributed by atoms with Crippen LogP contribution >= 0.6 is 0 Å². The number of Topliss-reactive ketones (excluding diaryl/α,β-unsaturated/α-hetero) is 1. The normalized spacial score (nSPS) is 17.9. The second-order valence-corrected chi connectivity index (χ2v) is 10.3. The summed E-state index contributed by atoms with van der Waals surface area (Å²) in [4.78, 5) is 20.1. The molecule has 2 atom stereocenters. The first kappa shape index (κ1) is 23.1. The van der Waals surface area contributed by atoms with Crippen molar-refractivity contribution in [3.05, 3.63) is 83.7 Å². The molecule has 0 amide bonds. The predicted octanol–water partition coefficient (Wildman–Crippen LogP) is 5.97. The van der Waals surface area contributed by atoms with Crippen LogP contribution in [0.3, 0.4) is 0 Å². The summed E-state index contributed by atoms with van der Waals surface area (Å²) in [5, 5.41) is 0. The van der Waals surface area contributed by atoms with E-state index in [1.807, 2.05) is 36.4 Å². The number of H-pyrrole nitrogens is 1. The van der Waals surface area contributed by atoms with Crippen LogP contribution in [0, 0.1) is 0 Å². The highest BCUT2D eigenvalue weighted by atomic mass is 32.2. The maximum atomic E-state index is 12.6. The summed E-state index contributed by atoms with van der Waals surface area (Å²) in [6, 6.07) is 19.1. The molecule has 1 heterocycles. The van der Waals surface area contributed by atoms with E-state index in [-0.39, 0.29) is 23.3 Å². The number of halogens is 3. The third-order valence-corrected chi connectivity index (χ3v) is 7.27. The van der Waals surface area contributed by atoms with E-state index < -0.39 is 15.5 Å². The minimum absolute atomic E-state index is 0.0125. The van der Waals surface area contributed by atoms with Gasteiger partial charge in [0, 0.05) is 17.2 Å². The molecule has 0 radical (unpaired) electrons. The fraction of sp³-hybridized carbons (Fsp3) is 0.200. The van der Waals surface area contributed by atoms with Crippen LogP contribution in [0.15, 0.2) is 66.7 Å². The third-order valence-electron chi connectivity index (χ3n) is 6.16. The quantitative estimate of drug-likeness (QED) is 0.320. The number of alkyl halides is 3. The van der Waals surface area contributed by atoms with E-state index in [1.54, 1.807) is 22.9 Å². The van der Waals surface area contributed by atoms with Crippen LogP contribution in [0.1, 0.15) is 46.9 Å². The Labute approximate surface area is 199 Å². The fourth-order valence-electron chi connectivity index (χ4n) is 4.29. The van der Waals surface area contributed by atoms with Crippen LogP contribution < -0.4 is 4.72 Å².